The van der Waals surface area contributed by atoms with Gasteiger partial charge in [0, 0.05) is 19.5 Å². The highest BCUT2D eigenvalue weighted by molar-refractivity contribution is 5.90. The zero-order chi connectivity index (χ0) is 21.4. The van der Waals surface area contributed by atoms with E-state index in [0.717, 1.165) is 17.1 Å². The Morgan fingerprint density at radius 3 is 2.41 bits per heavy atom. The molecule has 9 heteroatoms. The molecule has 0 aliphatic heterocycles. The Kier molecular flexibility index (Phi) is 7.41. The van der Waals surface area contributed by atoms with Crippen LogP contribution in [-0.2, 0) is 25.6 Å². The average Bonchev–Trinajstić information content (AvgIpc) is 2.69. The minimum Gasteiger partial charge on any atom is -0.480 e. The molecule has 2 atom stereocenters. The van der Waals surface area contributed by atoms with E-state index in [9.17, 15) is 29.1 Å². The quantitative estimate of drug-likeness (QED) is 0.533. The van der Waals surface area contributed by atoms with Crippen molar-refractivity contribution in [2.45, 2.75) is 31.8 Å². The fraction of sp³-hybridized carbons (Fsp3) is 0.250. The van der Waals surface area contributed by atoms with E-state index in [-0.39, 0.29) is 18.4 Å². The van der Waals surface area contributed by atoms with E-state index in [1.807, 2.05) is 30.3 Å². The lowest BCUT2D eigenvalue weighted by Crippen LogP contribution is -2.48. The van der Waals surface area contributed by atoms with Crippen LogP contribution in [0.25, 0.3) is 0 Å². The summed E-state index contributed by atoms with van der Waals surface area (Å²) in [5, 5.41) is 13.9. The zero-order valence-corrected chi connectivity index (χ0v) is 15.7. The molecule has 2 aromatic rings. The van der Waals surface area contributed by atoms with E-state index >= 15 is 0 Å². The Morgan fingerprint density at radius 2 is 1.83 bits per heavy atom. The molecule has 1 heterocycles. The van der Waals surface area contributed by atoms with E-state index in [0.29, 0.717) is 6.42 Å². The molecule has 0 spiro atoms. The number of amides is 2. The van der Waals surface area contributed by atoms with Gasteiger partial charge in [0.2, 0.25) is 11.8 Å². The number of nitrogens with zero attached hydrogens (tertiary/aromatic N) is 1. The summed E-state index contributed by atoms with van der Waals surface area (Å²) in [5.41, 5.74) is 0.118. The third-order valence-electron chi connectivity index (χ3n) is 4.16. The van der Waals surface area contributed by atoms with Crippen LogP contribution >= 0.6 is 0 Å². The number of aryl methyl sites for hydroxylation is 1. The molecule has 0 saturated carbocycles. The average molecular weight is 399 g/mol. The third kappa shape index (κ3) is 5.86. The monoisotopic (exact) mass is 399 g/mol. The number of anilines is 1. The molecule has 3 N–H and O–H groups in total. The molecule has 0 saturated heterocycles. The molecule has 0 aliphatic carbocycles. The fourth-order valence-corrected chi connectivity index (χ4v) is 2.77. The van der Waals surface area contributed by atoms with Gasteiger partial charge >= 0.3 is 5.97 Å². The predicted octanol–water partition coefficient (Wildman–Crippen LogP) is 0.749. The Hall–Kier alpha value is -3.75. The van der Waals surface area contributed by atoms with Gasteiger partial charge in [-0.05, 0) is 24.1 Å². The van der Waals surface area contributed by atoms with Gasteiger partial charge in [-0.15, -0.1) is 0 Å². The number of carbonyl (C=O) groups excluding carboxylic acids is 3. The molecule has 0 fully saturated rings. The first-order valence-corrected chi connectivity index (χ1v) is 8.83. The van der Waals surface area contributed by atoms with Crippen molar-refractivity contribution in [2.75, 3.05) is 5.32 Å². The van der Waals surface area contributed by atoms with Crippen molar-refractivity contribution < 1.29 is 24.3 Å². The highest BCUT2D eigenvalue weighted by atomic mass is 16.4. The molecule has 0 radical (unpaired) electrons. The molecule has 2 rings (SSSR count). The number of carboxylic acid groups (broad SMARTS) is 1. The summed E-state index contributed by atoms with van der Waals surface area (Å²) in [6, 6.07) is 8.98. The summed E-state index contributed by atoms with van der Waals surface area (Å²) in [6.45, 7) is 1.10. The van der Waals surface area contributed by atoms with Crippen molar-refractivity contribution in [2.24, 2.45) is 0 Å². The summed E-state index contributed by atoms with van der Waals surface area (Å²) in [4.78, 5) is 59.1. The largest absolute Gasteiger partial charge is 0.480 e. The molecule has 9 nitrogen and oxygen atoms in total. The van der Waals surface area contributed by atoms with Crippen molar-refractivity contribution in [3.8, 4) is 0 Å². The highest BCUT2D eigenvalue weighted by Crippen LogP contribution is 2.11. The van der Waals surface area contributed by atoms with Crippen LogP contribution in [0.1, 0.15) is 24.9 Å². The molecule has 1 aromatic carbocycles. The predicted molar refractivity (Wildman–Crippen MR) is 104 cm³/mol. The van der Waals surface area contributed by atoms with Gasteiger partial charge in [-0.3, -0.25) is 14.4 Å². The van der Waals surface area contributed by atoms with Gasteiger partial charge in [-0.2, -0.15) is 0 Å². The second-order valence-electron chi connectivity index (χ2n) is 6.31. The minimum absolute atomic E-state index is 0.0932. The van der Waals surface area contributed by atoms with E-state index in [4.69, 9.17) is 0 Å². The summed E-state index contributed by atoms with van der Waals surface area (Å²) < 4.78 is 0.870. The molecule has 0 bridgehead atoms. The van der Waals surface area contributed by atoms with Crippen LogP contribution in [0.5, 0.6) is 0 Å². The molecule has 1 aromatic heterocycles. The molecular weight excluding hydrogens is 378 g/mol. The van der Waals surface area contributed by atoms with Crippen LogP contribution in [0.15, 0.2) is 53.5 Å². The second-order valence-corrected chi connectivity index (χ2v) is 6.31. The van der Waals surface area contributed by atoms with Crippen molar-refractivity contribution in [3.05, 3.63) is 64.6 Å². The maximum absolute atomic E-state index is 12.7. The Balaban J connectivity index is 2.19. The maximum Gasteiger partial charge on any atom is 0.328 e. The minimum atomic E-state index is -1.63. The van der Waals surface area contributed by atoms with E-state index in [2.05, 4.69) is 10.6 Å². The first-order chi connectivity index (χ1) is 13.8. The number of nitrogens with one attached hydrogen (secondary N) is 2. The molecule has 0 aliphatic rings. The summed E-state index contributed by atoms with van der Waals surface area (Å²) in [5.74, 6) is -2.54. The van der Waals surface area contributed by atoms with Crippen LogP contribution < -0.4 is 16.2 Å². The number of carboxylic acids is 1. The number of benzene rings is 1. The number of hydrogen-bond acceptors (Lipinski definition) is 5. The van der Waals surface area contributed by atoms with Gasteiger partial charge in [-0.1, -0.05) is 30.3 Å². The maximum atomic E-state index is 12.7. The summed E-state index contributed by atoms with van der Waals surface area (Å²) in [7, 11) is 0. The zero-order valence-electron chi connectivity index (χ0n) is 15.7. The number of carbonyl (C=O) groups is 4. The lowest BCUT2D eigenvalue weighted by molar-refractivity contribution is -0.144. The van der Waals surface area contributed by atoms with Gasteiger partial charge in [0.25, 0.3) is 5.56 Å². The SMILES string of the molecule is CC(=O)N[C@H](C(=O)O)C(C=O)n1cccc(NC(=O)CCc2ccccc2)c1=O. The van der Waals surface area contributed by atoms with E-state index in [1.165, 1.54) is 18.3 Å². The van der Waals surface area contributed by atoms with Gasteiger partial charge < -0.3 is 25.1 Å². The second kappa shape index (κ2) is 9.98. The lowest BCUT2D eigenvalue weighted by Gasteiger charge is -2.22. The molecule has 29 heavy (non-hydrogen) atoms. The highest BCUT2D eigenvalue weighted by Gasteiger charge is 2.31. The fourth-order valence-electron chi connectivity index (χ4n) is 2.77. The molecule has 1 unspecified atom stereocenters. The van der Waals surface area contributed by atoms with Gasteiger partial charge in [-0.25, -0.2) is 4.79 Å². The number of rotatable bonds is 9. The van der Waals surface area contributed by atoms with E-state index < -0.39 is 35.4 Å². The van der Waals surface area contributed by atoms with Gasteiger partial charge in [0.05, 0.1) is 0 Å². The normalized spacial score (nSPS) is 12.4. The number of hydrogen-bond donors (Lipinski definition) is 3. The Labute approximate surface area is 166 Å². The molecule has 152 valence electrons. The van der Waals surface area contributed by atoms with Crippen molar-refractivity contribution >= 4 is 29.8 Å². The smallest absolute Gasteiger partial charge is 0.328 e. The standard InChI is InChI=1S/C20H21N3O6/c1-13(25)21-18(20(28)29)16(12-24)23-11-5-8-15(19(23)27)22-17(26)10-9-14-6-3-2-4-7-14/h2-8,11-12,16,18H,9-10H2,1H3,(H,21,25)(H,22,26)(H,28,29)/t16?,18-/m0/s1. The topological polar surface area (TPSA) is 135 Å². The Bertz CT molecular complexity index is 954. The third-order valence-corrected chi connectivity index (χ3v) is 4.16. The summed E-state index contributed by atoms with van der Waals surface area (Å²) >= 11 is 0. The summed E-state index contributed by atoms with van der Waals surface area (Å²) in [6.07, 6.45) is 2.10. The van der Waals surface area contributed by atoms with Crippen LogP contribution in [0.3, 0.4) is 0 Å². The van der Waals surface area contributed by atoms with Crippen molar-refractivity contribution in [1.29, 1.82) is 0 Å². The number of pyridine rings is 1. The van der Waals surface area contributed by atoms with Crippen LogP contribution in [0.2, 0.25) is 0 Å². The van der Waals surface area contributed by atoms with Crippen LogP contribution in [0, 0.1) is 0 Å². The number of aldehydes is 1. The van der Waals surface area contributed by atoms with Crippen molar-refractivity contribution in [3.63, 3.8) is 0 Å². The molecular formula is C20H21N3O6. The number of aliphatic carboxylic acids is 1. The lowest BCUT2D eigenvalue weighted by atomic mass is 10.1. The van der Waals surface area contributed by atoms with Crippen molar-refractivity contribution in [1.82, 2.24) is 9.88 Å². The van der Waals surface area contributed by atoms with Crippen LogP contribution in [-0.4, -0.2) is 39.8 Å². The van der Waals surface area contributed by atoms with Gasteiger partial charge in [0.1, 0.15) is 18.0 Å². The van der Waals surface area contributed by atoms with E-state index in [1.54, 1.807) is 0 Å². The molecule has 2 amide bonds. The first kappa shape index (κ1) is 21.5. The van der Waals surface area contributed by atoms with Gasteiger partial charge in [0.15, 0.2) is 6.04 Å². The van der Waals surface area contributed by atoms with Crippen LogP contribution in [0.4, 0.5) is 5.69 Å². The number of aromatic nitrogens is 1. The Morgan fingerprint density at radius 1 is 1.14 bits per heavy atom. The first-order valence-electron chi connectivity index (χ1n) is 8.83.